The Balaban J connectivity index is 2.13. The van der Waals surface area contributed by atoms with E-state index in [0.717, 1.165) is 0 Å². The third-order valence-corrected chi connectivity index (χ3v) is 2.84. The molecule has 1 aliphatic rings. The van der Waals surface area contributed by atoms with E-state index in [1.807, 2.05) is 0 Å². The molecule has 0 aliphatic heterocycles. The van der Waals surface area contributed by atoms with Gasteiger partial charge in [-0.25, -0.2) is 5.90 Å². The van der Waals surface area contributed by atoms with Crippen LogP contribution < -0.4 is 11.2 Å². The van der Waals surface area contributed by atoms with E-state index in [-0.39, 0.29) is 0 Å². The molecular formula is C10H22N2O2. The fourth-order valence-corrected chi connectivity index (χ4v) is 1.98. The van der Waals surface area contributed by atoms with Crippen LogP contribution in [-0.2, 0) is 4.84 Å². The zero-order valence-electron chi connectivity index (χ0n) is 8.74. The van der Waals surface area contributed by atoms with Gasteiger partial charge in [-0.1, -0.05) is 32.1 Å². The van der Waals surface area contributed by atoms with E-state index in [1.165, 1.54) is 44.9 Å². The highest BCUT2D eigenvalue weighted by Crippen LogP contribution is 2.16. The van der Waals surface area contributed by atoms with Crippen LogP contribution in [0.15, 0.2) is 0 Å². The molecule has 0 saturated heterocycles. The summed E-state index contributed by atoms with van der Waals surface area (Å²) in [4.78, 5) is 4.29. The Hall–Kier alpha value is -0.160. The van der Waals surface area contributed by atoms with E-state index in [0.29, 0.717) is 12.6 Å². The normalized spacial score (nSPS) is 22.7. The summed E-state index contributed by atoms with van der Waals surface area (Å²) in [6, 6.07) is 0.528. The number of aliphatic hydroxyl groups is 1. The smallest absolute Gasteiger partial charge is 0.186 e. The van der Waals surface area contributed by atoms with Crippen molar-refractivity contribution >= 4 is 0 Å². The van der Waals surface area contributed by atoms with Crippen LogP contribution in [0.1, 0.15) is 44.9 Å². The number of aliphatic hydroxyl groups excluding tert-OH is 1. The van der Waals surface area contributed by atoms with Gasteiger partial charge < -0.3 is 10.4 Å². The van der Waals surface area contributed by atoms with Crippen molar-refractivity contribution in [2.24, 2.45) is 5.90 Å². The summed E-state index contributed by atoms with van der Waals surface area (Å²) in [5, 5.41) is 12.4. The maximum absolute atomic E-state index is 9.10. The maximum atomic E-state index is 9.10. The topological polar surface area (TPSA) is 67.5 Å². The van der Waals surface area contributed by atoms with Crippen molar-refractivity contribution in [3.8, 4) is 0 Å². The molecule has 0 spiro atoms. The summed E-state index contributed by atoms with van der Waals surface area (Å²) in [5.74, 6) is 4.85. The largest absolute Gasteiger partial charge is 0.366 e. The van der Waals surface area contributed by atoms with Crippen LogP contribution in [-0.4, -0.2) is 24.0 Å². The monoisotopic (exact) mass is 202 g/mol. The maximum Gasteiger partial charge on any atom is 0.186 e. The fourth-order valence-electron chi connectivity index (χ4n) is 1.98. The molecule has 0 heterocycles. The molecule has 4 heteroatoms. The third-order valence-electron chi connectivity index (χ3n) is 2.84. The molecule has 4 nitrogen and oxygen atoms in total. The predicted molar refractivity (Wildman–Crippen MR) is 55.4 cm³/mol. The molecule has 0 aromatic heterocycles. The number of nitrogens with one attached hydrogen (secondary N) is 1. The summed E-state index contributed by atoms with van der Waals surface area (Å²) in [6.45, 7) is 0.432. The van der Waals surface area contributed by atoms with E-state index in [9.17, 15) is 0 Å². The number of nitrogens with two attached hydrogens (primary N) is 1. The first kappa shape index (κ1) is 11.9. The zero-order chi connectivity index (χ0) is 10.2. The standard InChI is InChI=1S/C10H22N2O2/c11-14-10(13)8-12-9-6-4-2-1-3-5-7-9/h9-10,12-13H,1-8,11H2. The fraction of sp³-hybridized carbons (Fsp3) is 1.00. The Morgan fingerprint density at radius 2 is 1.79 bits per heavy atom. The van der Waals surface area contributed by atoms with Gasteiger partial charge in [0.05, 0.1) is 0 Å². The summed E-state index contributed by atoms with van der Waals surface area (Å²) in [6.07, 6.45) is 8.17. The van der Waals surface area contributed by atoms with E-state index in [1.54, 1.807) is 0 Å². The van der Waals surface area contributed by atoms with Gasteiger partial charge in [-0.15, -0.1) is 0 Å². The van der Waals surface area contributed by atoms with E-state index in [4.69, 9.17) is 11.0 Å². The highest BCUT2D eigenvalue weighted by Gasteiger charge is 2.12. The van der Waals surface area contributed by atoms with Crippen molar-refractivity contribution in [2.45, 2.75) is 57.3 Å². The molecule has 1 unspecified atom stereocenters. The van der Waals surface area contributed by atoms with Crippen LogP contribution in [0, 0.1) is 0 Å². The molecule has 0 amide bonds. The first-order valence-corrected chi connectivity index (χ1v) is 5.60. The van der Waals surface area contributed by atoms with Gasteiger partial charge in [0.1, 0.15) is 0 Å². The van der Waals surface area contributed by atoms with Gasteiger partial charge in [0.25, 0.3) is 0 Å². The lowest BCUT2D eigenvalue weighted by Gasteiger charge is -2.21. The van der Waals surface area contributed by atoms with Gasteiger partial charge >= 0.3 is 0 Å². The van der Waals surface area contributed by atoms with Crippen molar-refractivity contribution in [2.75, 3.05) is 6.54 Å². The lowest BCUT2D eigenvalue weighted by atomic mass is 9.97. The number of hydrogen-bond acceptors (Lipinski definition) is 4. The summed E-state index contributed by atoms with van der Waals surface area (Å²) in [5.41, 5.74) is 0. The van der Waals surface area contributed by atoms with E-state index >= 15 is 0 Å². The highest BCUT2D eigenvalue weighted by atomic mass is 16.7. The lowest BCUT2D eigenvalue weighted by Crippen LogP contribution is -2.38. The summed E-state index contributed by atoms with van der Waals surface area (Å²) in [7, 11) is 0. The number of rotatable bonds is 4. The van der Waals surface area contributed by atoms with Crippen LogP contribution in [0.5, 0.6) is 0 Å². The second kappa shape index (κ2) is 7.17. The summed E-state index contributed by atoms with van der Waals surface area (Å²) < 4.78 is 0. The van der Waals surface area contributed by atoms with Crippen LogP contribution >= 0.6 is 0 Å². The molecule has 0 aromatic carbocycles. The van der Waals surface area contributed by atoms with Crippen molar-refractivity contribution < 1.29 is 9.94 Å². The van der Waals surface area contributed by atoms with E-state index < -0.39 is 6.29 Å². The Morgan fingerprint density at radius 3 is 2.36 bits per heavy atom. The molecule has 0 bridgehead atoms. The van der Waals surface area contributed by atoms with Crippen LogP contribution in [0.25, 0.3) is 0 Å². The molecule has 84 valence electrons. The molecule has 1 rings (SSSR count). The zero-order valence-corrected chi connectivity index (χ0v) is 8.74. The van der Waals surface area contributed by atoms with Gasteiger partial charge in [-0.2, -0.15) is 0 Å². The molecule has 1 aliphatic carbocycles. The summed E-state index contributed by atoms with van der Waals surface area (Å²) >= 11 is 0. The molecular weight excluding hydrogens is 180 g/mol. The SMILES string of the molecule is NOC(O)CNC1CCCCCCC1. The molecule has 0 aromatic rings. The Kier molecular flexibility index (Phi) is 6.10. The second-order valence-electron chi connectivity index (χ2n) is 4.04. The first-order valence-electron chi connectivity index (χ1n) is 5.60. The molecule has 1 fully saturated rings. The van der Waals surface area contributed by atoms with Gasteiger partial charge in [-0.3, -0.25) is 4.84 Å². The van der Waals surface area contributed by atoms with Crippen molar-refractivity contribution in [1.82, 2.24) is 5.32 Å². The van der Waals surface area contributed by atoms with Crippen LogP contribution in [0.4, 0.5) is 0 Å². The average molecular weight is 202 g/mol. The van der Waals surface area contributed by atoms with Gasteiger partial charge in [0.15, 0.2) is 6.29 Å². The predicted octanol–water partition coefficient (Wildman–Crippen LogP) is 0.898. The van der Waals surface area contributed by atoms with Crippen molar-refractivity contribution in [1.29, 1.82) is 0 Å². The average Bonchev–Trinajstić information content (AvgIpc) is 2.15. The molecule has 0 radical (unpaired) electrons. The quantitative estimate of drug-likeness (QED) is 0.468. The van der Waals surface area contributed by atoms with Crippen molar-refractivity contribution in [3.05, 3.63) is 0 Å². The Bertz CT molecular complexity index is 136. The Morgan fingerprint density at radius 1 is 1.21 bits per heavy atom. The Labute approximate surface area is 85.8 Å². The lowest BCUT2D eigenvalue weighted by molar-refractivity contribution is -0.0998. The highest BCUT2D eigenvalue weighted by molar-refractivity contribution is 4.69. The number of hydrogen-bond donors (Lipinski definition) is 3. The van der Waals surface area contributed by atoms with Gasteiger partial charge in [0.2, 0.25) is 0 Å². The van der Waals surface area contributed by atoms with Gasteiger partial charge in [0, 0.05) is 12.6 Å². The minimum Gasteiger partial charge on any atom is -0.366 e. The molecule has 14 heavy (non-hydrogen) atoms. The molecule has 1 atom stereocenters. The van der Waals surface area contributed by atoms with E-state index in [2.05, 4.69) is 10.2 Å². The van der Waals surface area contributed by atoms with Crippen LogP contribution in [0.3, 0.4) is 0 Å². The third kappa shape index (κ3) is 4.91. The van der Waals surface area contributed by atoms with Crippen molar-refractivity contribution in [3.63, 3.8) is 0 Å². The second-order valence-corrected chi connectivity index (χ2v) is 4.04. The first-order chi connectivity index (χ1) is 6.83. The molecule has 1 saturated carbocycles. The minimum absolute atomic E-state index is 0.432. The van der Waals surface area contributed by atoms with Crippen LogP contribution in [0.2, 0.25) is 0 Å². The van der Waals surface area contributed by atoms with Gasteiger partial charge in [-0.05, 0) is 12.8 Å². The molecule has 4 N–H and O–H groups in total. The minimum atomic E-state index is -0.875.